The van der Waals surface area contributed by atoms with E-state index in [4.69, 9.17) is 28.7 Å². The van der Waals surface area contributed by atoms with E-state index in [1.54, 1.807) is 39.8 Å². The Balaban J connectivity index is 2.04. The van der Waals surface area contributed by atoms with Crippen molar-refractivity contribution in [2.75, 3.05) is 45.2 Å². The second-order valence-electron chi connectivity index (χ2n) is 20.6. The van der Waals surface area contributed by atoms with Gasteiger partial charge < -0.3 is 80.8 Å². The van der Waals surface area contributed by atoms with Gasteiger partial charge >= 0.3 is 0 Å². The fourth-order valence-electron chi connectivity index (χ4n) is 8.66. The second-order valence-corrected chi connectivity index (χ2v) is 20.6. The molecule has 1 saturated heterocycles. The summed E-state index contributed by atoms with van der Waals surface area (Å²) in [5.74, 6) is -9.26. The van der Waals surface area contributed by atoms with Crippen molar-refractivity contribution in [2.45, 2.75) is 141 Å². The van der Waals surface area contributed by atoms with Gasteiger partial charge in [-0.1, -0.05) is 45.9 Å². The molecule has 8 atom stereocenters. The highest BCUT2D eigenvalue weighted by Crippen LogP contribution is 2.24. The minimum atomic E-state index is -2.06. The van der Waals surface area contributed by atoms with Crippen molar-refractivity contribution >= 4 is 87.3 Å². The Bertz CT molecular complexity index is 2560. The summed E-state index contributed by atoms with van der Waals surface area (Å²) < 4.78 is 0. The maximum absolute atomic E-state index is 14.7. The molecule has 0 saturated carbocycles. The summed E-state index contributed by atoms with van der Waals surface area (Å²) in [7, 11) is 3.72. The highest BCUT2D eigenvalue weighted by Gasteiger charge is 2.40. The standard InChI is InChI=1S/C52H82N16O11/c1-27(2)22-37(63-44(73)35(61-30(6)70)12-9-19-58-51(54)55)46(75)66-41(42(71)33-16-15-32-25-34(67(7)8)18-17-31(32)24-33)49(78)62-36(13-10-20-59-52(56)57)45(74)65-39(26-69)47(76)64-38(23-28(3)4)50(79)68-21-11-14-40(68)48(77)60-29(5)43(53)72/h15-18,24-25,27-29,35-41,69H,9-14,19-23,26H2,1-8H3,(H2,53,72)(H,60,77)(H,61,70)(H,62,78)(H,63,73)(H,64,76)(H,65,74)(H,66,75)(H4,54,55,58)(H4,56,57,59)/t29-,35-,36-,37-,38-,39-,40-,41+/m0/s1. The summed E-state index contributed by atoms with van der Waals surface area (Å²) in [5, 5.41) is 29.7. The lowest BCUT2D eigenvalue weighted by molar-refractivity contribution is -0.143. The number of hydrogen-bond acceptors (Lipinski definition) is 14. The second kappa shape index (κ2) is 31.3. The number of aliphatic hydroxyl groups is 1. The third kappa shape index (κ3) is 21.0. The molecule has 2 aromatic carbocycles. The normalized spacial score (nSPS) is 15.7. The van der Waals surface area contributed by atoms with Gasteiger partial charge in [-0.3, -0.25) is 57.9 Å². The number of nitrogens with two attached hydrogens (primary N) is 5. The average Bonchev–Trinajstić information content (AvgIpc) is 3.90. The van der Waals surface area contributed by atoms with Crippen molar-refractivity contribution in [3.8, 4) is 0 Å². The minimum absolute atomic E-state index is 0.000680. The summed E-state index contributed by atoms with van der Waals surface area (Å²) in [6.07, 6.45) is 0.935. The van der Waals surface area contributed by atoms with E-state index in [9.17, 15) is 53.1 Å². The maximum Gasteiger partial charge on any atom is 0.251 e. The predicted molar refractivity (Wildman–Crippen MR) is 297 cm³/mol. The molecule has 27 heteroatoms. The van der Waals surface area contributed by atoms with Crippen molar-refractivity contribution in [1.82, 2.24) is 42.1 Å². The molecule has 0 radical (unpaired) electrons. The van der Waals surface area contributed by atoms with Crippen LogP contribution in [0.1, 0.15) is 103 Å². The van der Waals surface area contributed by atoms with Crippen LogP contribution >= 0.6 is 0 Å². The van der Waals surface area contributed by atoms with E-state index < -0.39 is 114 Å². The third-order valence-electron chi connectivity index (χ3n) is 12.8. The van der Waals surface area contributed by atoms with Gasteiger partial charge in [0.05, 0.1) is 6.61 Å². The molecule has 1 fully saturated rings. The number of hydrogen-bond donors (Lipinski definition) is 13. The molecule has 9 amide bonds. The van der Waals surface area contributed by atoms with Gasteiger partial charge in [0.25, 0.3) is 5.91 Å². The van der Waals surface area contributed by atoms with E-state index in [0.29, 0.717) is 11.8 Å². The zero-order valence-electron chi connectivity index (χ0n) is 46.4. The number of rotatable bonds is 31. The van der Waals surface area contributed by atoms with Gasteiger partial charge in [-0.15, -0.1) is 0 Å². The molecule has 0 aliphatic carbocycles. The number of nitrogens with zero attached hydrogens (tertiary/aromatic N) is 4. The summed E-state index contributed by atoms with van der Waals surface area (Å²) in [5.41, 5.74) is 28.2. The van der Waals surface area contributed by atoms with Crippen LogP contribution in [0.2, 0.25) is 0 Å². The van der Waals surface area contributed by atoms with Gasteiger partial charge in [0.2, 0.25) is 47.3 Å². The molecule has 18 N–H and O–H groups in total. The SMILES string of the molecule is CC(=O)N[C@@H](CCCN=C(N)N)C(=O)N[C@@H](CC(C)C)C(=O)N[C@@H](C(=O)N[C@@H](CCCN=C(N)N)C(=O)N[C@@H](CO)C(=O)N[C@@H](CC(C)C)C(=O)N1CCC[C@H]1C(=O)N[C@@H](C)C(N)=O)C(=O)c1ccc2cc(N(C)C)ccc2c1. The van der Waals surface area contributed by atoms with Gasteiger partial charge in [0.1, 0.15) is 42.3 Å². The van der Waals surface area contributed by atoms with E-state index in [2.05, 4.69) is 47.2 Å². The number of fused-ring (bicyclic) bond motifs is 1. The molecule has 1 aliphatic rings. The Morgan fingerprint density at radius 1 is 0.633 bits per heavy atom. The first-order valence-corrected chi connectivity index (χ1v) is 26.3. The van der Waals surface area contributed by atoms with E-state index in [1.807, 2.05) is 31.1 Å². The van der Waals surface area contributed by atoms with Crippen LogP contribution in [0.3, 0.4) is 0 Å². The zero-order valence-corrected chi connectivity index (χ0v) is 46.4. The third-order valence-corrected chi connectivity index (χ3v) is 12.8. The number of benzene rings is 2. The van der Waals surface area contributed by atoms with Crippen LogP contribution in [0.25, 0.3) is 10.8 Å². The van der Waals surface area contributed by atoms with Crippen molar-refractivity contribution < 1.29 is 53.1 Å². The Hall–Kier alpha value is -8.10. The number of aliphatic hydroxyl groups excluding tert-OH is 1. The van der Waals surface area contributed by atoms with Crippen LogP contribution in [0.15, 0.2) is 46.4 Å². The van der Waals surface area contributed by atoms with Gasteiger partial charge in [0, 0.05) is 51.9 Å². The van der Waals surface area contributed by atoms with Gasteiger partial charge in [0.15, 0.2) is 23.7 Å². The average molecular weight is 1110 g/mol. The Morgan fingerprint density at radius 3 is 1.66 bits per heavy atom. The lowest BCUT2D eigenvalue weighted by Gasteiger charge is -2.31. The first-order chi connectivity index (χ1) is 37.1. The van der Waals surface area contributed by atoms with Crippen LogP contribution in [0, 0.1) is 11.8 Å². The van der Waals surface area contributed by atoms with Crippen LogP contribution in [-0.4, -0.2) is 170 Å². The molecule has 2 aromatic rings. The number of guanidine groups is 2. The lowest BCUT2D eigenvalue weighted by Crippen LogP contribution is -2.62. The molecular formula is C52H82N16O11. The van der Waals surface area contributed by atoms with E-state index >= 15 is 0 Å². The Labute approximate surface area is 460 Å². The van der Waals surface area contributed by atoms with Crippen LogP contribution in [-0.2, 0) is 43.2 Å². The first-order valence-electron chi connectivity index (χ1n) is 26.3. The summed E-state index contributed by atoms with van der Waals surface area (Å²) in [6, 6.07) is -0.995. The molecule has 27 nitrogen and oxygen atoms in total. The van der Waals surface area contributed by atoms with E-state index in [0.717, 1.165) is 11.1 Å². The highest BCUT2D eigenvalue weighted by atomic mass is 16.3. The number of aliphatic imine (C=N–C) groups is 2. The predicted octanol–water partition coefficient (Wildman–Crippen LogP) is -2.81. The number of ketones is 1. The Morgan fingerprint density at radius 2 is 1.13 bits per heavy atom. The highest BCUT2D eigenvalue weighted by molar-refractivity contribution is 6.17. The molecule has 0 spiro atoms. The van der Waals surface area contributed by atoms with Crippen molar-refractivity contribution in [2.24, 2.45) is 50.5 Å². The number of carbonyl (C=O) groups excluding carboxylic acids is 10. The van der Waals surface area contributed by atoms with Gasteiger partial charge in [-0.25, -0.2) is 0 Å². The summed E-state index contributed by atoms with van der Waals surface area (Å²) in [6.45, 7) is 9.00. The van der Waals surface area contributed by atoms with Crippen molar-refractivity contribution in [3.05, 3.63) is 42.0 Å². The van der Waals surface area contributed by atoms with Crippen molar-refractivity contribution in [1.29, 1.82) is 0 Å². The molecule has 436 valence electrons. The molecule has 0 bridgehead atoms. The number of carbonyl (C=O) groups is 10. The van der Waals surface area contributed by atoms with Crippen LogP contribution in [0.5, 0.6) is 0 Å². The van der Waals surface area contributed by atoms with E-state index in [-0.39, 0.29) is 93.9 Å². The topological polar surface area (TPSA) is 436 Å². The number of amides is 9. The molecule has 0 unspecified atom stereocenters. The quantitative estimate of drug-likeness (QED) is 0.0119. The fourth-order valence-corrected chi connectivity index (χ4v) is 8.66. The first kappa shape index (κ1) is 65.2. The molecule has 79 heavy (non-hydrogen) atoms. The van der Waals surface area contributed by atoms with Gasteiger partial charge in [-0.05, 0) is 99.1 Å². The zero-order chi connectivity index (χ0) is 59.3. The van der Waals surface area contributed by atoms with Gasteiger partial charge in [-0.2, -0.15) is 0 Å². The molecule has 1 aliphatic heterocycles. The van der Waals surface area contributed by atoms with Crippen molar-refractivity contribution in [3.63, 3.8) is 0 Å². The molecule has 0 aromatic heterocycles. The molecule has 3 rings (SSSR count). The number of primary amides is 1. The fraction of sp³-hybridized carbons (Fsp3) is 0.577. The number of nitrogens with one attached hydrogen (secondary N) is 7. The largest absolute Gasteiger partial charge is 0.394 e. The van der Waals surface area contributed by atoms with Crippen LogP contribution < -0.4 is 70.8 Å². The van der Waals surface area contributed by atoms with Crippen LogP contribution in [0.4, 0.5) is 5.69 Å². The number of likely N-dealkylation sites (tertiary alicyclic amines) is 1. The number of anilines is 1. The Kier molecular flexibility index (Phi) is 25.9. The monoisotopic (exact) mass is 1110 g/mol. The maximum atomic E-state index is 14.7. The molecular weight excluding hydrogens is 1020 g/mol. The minimum Gasteiger partial charge on any atom is -0.394 e. The summed E-state index contributed by atoms with van der Waals surface area (Å²) in [4.78, 5) is 148. The summed E-state index contributed by atoms with van der Waals surface area (Å²) >= 11 is 0. The number of Topliss-reactive ketones (excluding diaryl/α,β-unsaturated/α-hetero) is 1. The lowest BCUT2D eigenvalue weighted by atomic mass is 9.97. The molecule has 1 heterocycles. The smallest absolute Gasteiger partial charge is 0.251 e. The van der Waals surface area contributed by atoms with E-state index in [1.165, 1.54) is 30.9 Å².